The zero-order valence-corrected chi connectivity index (χ0v) is 19.2. The number of nitrogens with one attached hydrogen (secondary N) is 1. The molecule has 0 spiro atoms. The van der Waals surface area contributed by atoms with Crippen LogP contribution in [0.1, 0.15) is 24.8 Å². The Bertz CT molecular complexity index is 903. The minimum absolute atomic E-state index is 0.0753. The van der Waals surface area contributed by atoms with Gasteiger partial charge in [-0.1, -0.05) is 12.1 Å². The molecule has 2 heterocycles. The maximum Gasteiger partial charge on any atom is 0.243 e. The molecule has 0 atom stereocenters. The maximum absolute atomic E-state index is 12.7. The highest BCUT2D eigenvalue weighted by atomic mass is 32.2. The van der Waals surface area contributed by atoms with E-state index in [1.807, 2.05) is 4.90 Å². The average Bonchev–Trinajstić information content (AvgIpc) is 3.62. The van der Waals surface area contributed by atoms with Gasteiger partial charge in [0, 0.05) is 51.7 Å². The van der Waals surface area contributed by atoms with Gasteiger partial charge >= 0.3 is 0 Å². The maximum atomic E-state index is 12.7. The van der Waals surface area contributed by atoms with Crippen LogP contribution in [0, 0.1) is 0 Å². The lowest BCUT2D eigenvalue weighted by molar-refractivity contribution is -0.133. The fourth-order valence-corrected chi connectivity index (χ4v) is 5.44. The van der Waals surface area contributed by atoms with Crippen LogP contribution in [0.2, 0.25) is 0 Å². The minimum atomic E-state index is -3.50. The summed E-state index contributed by atoms with van der Waals surface area (Å²) in [5.74, 6) is 0.170. The number of nitrogens with zero attached hydrogens (tertiary/aromatic N) is 3. The van der Waals surface area contributed by atoms with Crippen molar-refractivity contribution in [2.75, 3.05) is 59.0 Å². The van der Waals surface area contributed by atoms with Crippen molar-refractivity contribution >= 4 is 21.8 Å². The number of morpholine rings is 1. The van der Waals surface area contributed by atoms with Gasteiger partial charge in [-0.2, -0.15) is 4.31 Å². The van der Waals surface area contributed by atoms with Crippen molar-refractivity contribution < 1.29 is 22.7 Å². The first-order valence-corrected chi connectivity index (χ1v) is 12.8. The first-order chi connectivity index (χ1) is 15.4. The van der Waals surface area contributed by atoms with Crippen LogP contribution in [0.3, 0.4) is 0 Å². The average molecular weight is 465 g/mol. The summed E-state index contributed by atoms with van der Waals surface area (Å²) in [5.41, 5.74) is 0.940. The zero-order valence-electron chi connectivity index (χ0n) is 18.4. The third-order valence-corrected chi connectivity index (χ3v) is 8.11. The van der Waals surface area contributed by atoms with Crippen LogP contribution >= 0.6 is 0 Å². The summed E-state index contributed by atoms with van der Waals surface area (Å²) in [6.07, 6.45) is 3.12. The van der Waals surface area contributed by atoms with E-state index >= 15 is 0 Å². The molecule has 0 bridgehead atoms. The Balaban J connectivity index is 1.21. The van der Waals surface area contributed by atoms with Gasteiger partial charge in [0.25, 0.3) is 0 Å². The Morgan fingerprint density at radius 1 is 0.969 bits per heavy atom. The van der Waals surface area contributed by atoms with Gasteiger partial charge in [-0.25, -0.2) is 8.42 Å². The summed E-state index contributed by atoms with van der Waals surface area (Å²) in [6.45, 7) is 4.66. The van der Waals surface area contributed by atoms with Gasteiger partial charge in [0.05, 0.1) is 24.7 Å². The van der Waals surface area contributed by atoms with Crippen molar-refractivity contribution in [1.82, 2.24) is 19.4 Å². The molecule has 0 radical (unpaired) electrons. The van der Waals surface area contributed by atoms with Crippen molar-refractivity contribution in [3.05, 3.63) is 29.8 Å². The molecule has 0 unspecified atom stereocenters. The van der Waals surface area contributed by atoms with Crippen LogP contribution in [0.15, 0.2) is 29.2 Å². The van der Waals surface area contributed by atoms with Crippen molar-refractivity contribution in [2.45, 2.75) is 36.6 Å². The summed E-state index contributed by atoms with van der Waals surface area (Å²) < 4.78 is 32.1. The number of benzene rings is 1. The molecular formula is C22H32N4O5S. The van der Waals surface area contributed by atoms with Gasteiger partial charge in [-0.05, 0) is 37.0 Å². The molecule has 0 aromatic heterocycles. The first-order valence-electron chi connectivity index (χ1n) is 11.4. The topological polar surface area (TPSA) is 99.3 Å². The zero-order chi connectivity index (χ0) is 22.6. The lowest BCUT2D eigenvalue weighted by Gasteiger charge is -2.34. The van der Waals surface area contributed by atoms with Crippen LogP contribution in [0.4, 0.5) is 0 Å². The lowest BCUT2D eigenvalue weighted by Crippen LogP contribution is -2.51. The van der Waals surface area contributed by atoms with E-state index in [1.165, 1.54) is 4.31 Å². The van der Waals surface area contributed by atoms with Gasteiger partial charge < -0.3 is 15.0 Å². The highest BCUT2D eigenvalue weighted by Crippen LogP contribution is 2.19. The lowest BCUT2D eigenvalue weighted by atomic mass is 10.1. The fourth-order valence-electron chi connectivity index (χ4n) is 4.03. The molecule has 2 aliphatic heterocycles. The number of piperazine rings is 1. The summed E-state index contributed by atoms with van der Waals surface area (Å²) >= 11 is 0. The van der Waals surface area contributed by atoms with Crippen LogP contribution in [0.25, 0.3) is 0 Å². The molecule has 1 saturated carbocycles. The number of carbonyl (C=O) groups is 2. The smallest absolute Gasteiger partial charge is 0.243 e. The molecule has 9 nitrogen and oxygen atoms in total. The molecule has 2 amide bonds. The number of hydrogen-bond donors (Lipinski definition) is 1. The fraction of sp³-hybridized carbons (Fsp3) is 0.636. The third kappa shape index (κ3) is 6.06. The van der Waals surface area contributed by atoms with Gasteiger partial charge in [0.15, 0.2) is 0 Å². The summed E-state index contributed by atoms with van der Waals surface area (Å²) in [6, 6.07) is 7.19. The van der Waals surface area contributed by atoms with Gasteiger partial charge in [0.1, 0.15) is 0 Å². The SMILES string of the molecule is O=C(CN1CCN(C(=O)CCc2ccc(S(=O)(=O)N3CCOCC3)cc2)CC1)NC1CC1. The number of amides is 2. The van der Waals surface area contributed by atoms with E-state index in [0.717, 1.165) is 18.4 Å². The Kier molecular flexibility index (Phi) is 7.44. The Morgan fingerprint density at radius 3 is 2.25 bits per heavy atom. The molecule has 176 valence electrons. The summed E-state index contributed by atoms with van der Waals surface area (Å²) in [5, 5.41) is 3.00. The second-order valence-corrected chi connectivity index (χ2v) is 10.6. The molecule has 1 aromatic carbocycles. The second kappa shape index (κ2) is 10.3. The second-order valence-electron chi connectivity index (χ2n) is 8.66. The van der Waals surface area contributed by atoms with E-state index in [1.54, 1.807) is 24.3 Å². The van der Waals surface area contributed by atoms with Crippen molar-refractivity contribution in [2.24, 2.45) is 0 Å². The number of aryl methyl sites for hydroxylation is 1. The molecule has 1 N–H and O–H groups in total. The molecule has 10 heteroatoms. The molecule has 1 aliphatic carbocycles. The Labute approximate surface area is 189 Å². The molecule has 3 fully saturated rings. The summed E-state index contributed by atoms with van der Waals surface area (Å²) in [4.78, 5) is 28.8. The standard InChI is InChI=1S/C22H32N4O5S/c27-21(23-19-4-5-19)17-24-9-11-25(12-10-24)22(28)8-3-18-1-6-20(7-2-18)32(29,30)26-13-15-31-16-14-26/h1-2,6-7,19H,3-5,8-17H2,(H,23,27). The predicted octanol–water partition coefficient (Wildman–Crippen LogP) is 0.0629. The van der Waals surface area contributed by atoms with E-state index < -0.39 is 10.0 Å². The normalized spacial score (nSPS) is 20.8. The molecule has 2 saturated heterocycles. The van der Waals surface area contributed by atoms with E-state index in [4.69, 9.17) is 4.74 Å². The van der Waals surface area contributed by atoms with Crippen molar-refractivity contribution in [3.8, 4) is 0 Å². The van der Waals surface area contributed by atoms with E-state index in [2.05, 4.69) is 10.2 Å². The Hall–Kier alpha value is -2.01. The molecule has 3 aliphatic rings. The largest absolute Gasteiger partial charge is 0.379 e. The van der Waals surface area contributed by atoms with Crippen LogP contribution < -0.4 is 5.32 Å². The first kappa shape index (κ1) is 23.2. The summed E-state index contributed by atoms with van der Waals surface area (Å²) in [7, 11) is -3.50. The Morgan fingerprint density at radius 2 is 1.62 bits per heavy atom. The van der Waals surface area contributed by atoms with Crippen LogP contribution in [-0.4, -0.2) is 99.4 Å². The van der Waals surface area contributed by atoms with Gasteiger partial charge in [0.2, 0.25) is 21.8 Å². The number of ether oxygens (including phenoxy) is 1. The molecule has 32 heavy (non-hydrogen) atoms. The molecule has 1 aromatic rings. The van der Waals surface area contributed by atoms with Gasteiger partial charge in [-0.3, -0.25) is 14.5 Å². The van der Waals surface area contributed by atoms with E-state index in [0.29, 0.717) is 77.9 Å². The molecular weight excluding hydrogens is 432 g/mol. The minimum Gasteiger partial charge on any atom is -0.379 e. The van der Waals surface area contributed by atoms with E-state index in [9.17, 15) is 18.0 Å². The number of carbonyl (C=O) groups excluding carboxylic acids is 2. The molecule has 4 rings (SSSR count). The van der Waals surface area contributed by atoms with E-state index in [-0.39, 0.29) is 16.7 Å². The number of rotatable bonds is 8. The number of sulfonamides is 1. The quantitative estimate of drug-likeness (QED) is 0.584. The monoisotopic (exact) mass is 464 g/mol. The highest BCUT2D eigenvalue weighted by molar-refractivity contribution is 7.89. The predicted molar refractivity (Wildman–Crippen MR) is 119 cm³/mol. The van der Waals surface area contributed by atoms with Crippen LogP contribution in [0.5, 0.6) is 0 Å². The van der Waals surface area contributed by atoms with Crippen molar-refractivity contribution in [3.63, 3.8) is 0 Å². The third-order valence-electron chi connectivity index (χ3n) is 6.19. The highest BCUT2D eigenvalue weighted by Gasteiger charge is 2.27. The van der Waals surface area contributed by atoms with Crippen molar-refractivity contribution in [1.29, 1.82) is 0 Å². The van der Waals surface area contributed by atoms with Crippen LogP contribution in [-0.2, 0) is 30.8 Å². The number of hydrogen-bond acceptors (Lipinski definition) is 6. The van der Waals surface area contributed by atoms with Gasteiger partial charge in [-0.15, -0.1) is 0 Å².